The van der Waals surface area contributed by atoms with Gasteiger partial charge in [0.05, 0.1) is 23.9 Å². The van der Waals surface area contributed by atoms with E-state index in [2.05, 4.69) is 0 Å². The highest BCUT2D eigenvalue weighted by molar-refractivity contribution is 7.86. The highest BCUT2D eigenvalue weighted by atomic mass is 32.2. The number of rotatable bonds is 4. The number of hydrogen-bond acceptors (Lipinski definition) is 5. The van der Waals surface area contributed by atoms with E-state index in [9.17, 15) is 22.8 Å². The van der Waals surface area contributed by atoms with Crippen molar-refractivity contribution in [3.8, 4) is 0 Å². The molecule has 1 aliphatic carbocycles. The number of fused-ring (bicyclic) bond motifs is 1. The number of piperidine rings is 1. The number of carbonyl (C=O) groups excluding carboxylic acids is 3. The molecule has 3 heterocycles. The zero-order valence-corrected chi connectivity index (χ0v) is 18.0. The molecule has 0 spiro atoms. The van der Waals surface area contributed by atoms with Crippen molar-refractivity contribution in [3.63, 3.8) is 0 Å². The molecule has 2 N–H and O–H groups in total. The molecule has 9 nitrogen and oxygen atoms in total. The quantitative estimate of drug-likeness (QED) is 0.623. The number of amides is 3. The van der Waals surface area contributed by atoms with E-state index in [-0.39, 0.29) is 42.7 Å². The second kappa shape index (κ2) is 7.02. The van der Waals surface area contributed by atoms with Crippen LogP contribution in [0.1, 0.15) is 40.0 Å². The van der Waals surface area contributed by atoms with Gasteiger partial charge in [-0.25, -0.2) is 0 Å². The van der Waals surface area contributed by atoms with Crippen molar-refractivity contribution in [2.24, 2.45) is 35.3 Å². The van der Waals surface area contributed by atoms with Gasteiger partial charge in [-0.2, -0.15) is 17.0 Å². The molecule has 0 aromatic heterocycles. The maximum Gasteiger partial charge on any atom is 0.282 e. The van der Waals surface area contributed by atoms with E-state index >= 15 is 0 Å². The predicted molar refractivity (Wildman–Crippen MR) is 104 cm³/mol. The first-order valence-corrected chi connectivity index (χ1v) is 11.9. The molecule has 162 valence electrons. The molecule has 2 unspecified atom stereocenters. The van der Waals surface area contributed by atoms with Gasteiger partial charge in [0.2, 0.25) is 17.7 Å². The lowest BCUT2D eigenvalue weighted by Gasteiger charge is -2.35. The lowest BCUT2D eigenvalue weighted by molar-refractivity contribution is -0.146. The first kappa shape index (κ1) is 20.7. The van der Waals surface area contributed by atoms with Gasteiger partial charge < -0.3 is 5.73 Å². The van der Waals surface area contributed by atoms with Crippen molar-refractivity contribution in [2.75, 3.05) is 19.6 Å². The van der Waals surface area contributed by atoms with Crippen molar-refractivity contribution >= 4 is 27.9 Å². The smallest absolute Gasteiger partial charge is 0.282 e. The number of nitrogens with two attached hydrogens (primary N) is 1. The van der Waals surface area contributed by atoms with Crippen molar-refractivity contribution < 1.29 is 22.8 Å². The molecule has 3 saturated heterocycles. The monoisotopic (exact) mass is 426 g/mol. The molecule has 0 aromatic carbocycles. The van der Waals surface area contributed by atoms with E-state index in [0.29, 0.717) is 25.8 Å². The second-order valence-electron chi connectivity index (χ2n) is 9.14. The van der Waals surface area contributed by atoms with Crippen LogP contribution in [0.2, 0.25) is 0 Å². The molecule has 3 amide bonds. The van der Waals surface area contributed by atoms with Gasteiger partial charge in [0, 0.05) is 25.6 Å². The molecule has 7 atom stereocenters. The Morgan fingerprint density at radius 1 is 1.07 bits per heavy atom. The fourth-order valence-corrected chi connectivity index (χ4v) is 7.50. The van der Waals surface area contributed by atoms with E-state index in [4.69, 9.17) is 5.73 Å². The van der Waals surface area contributed by atoms with Crippen LogP contribution < -0.4 is 5.73 Å². The lowest BCUT2D eigenvalue weighted by atomic mass is 9.99. The van der Waals surface area contributed by atoms with Crippen LogP contribution in [0, 0.1) is 29.6 Å². The van der Waals surface area contributed by atoms with Crippen molar-refractivity contribution in [1.82, 2.24) is 13.5 Å². The molecule has 4 fully saturated rings. The lowest BCUT2D eigenvalue weighted by Crippen LogP contribution is -2.53. The summed E-state index contributed by atoms with van der Waals surface area (Å²) in [5, 5.41) is 0. The summed E-state index contributed by atoms with van der Waals surface area (Å²) in [6.07, 6.45) is 1.61. The molecule has 29 heavy (non-hydrogen) atoms. The zero-order chi connectivity index (χ0) is 21.2. The number of imide groups is 1. The van der Waals surface area contributed by atoms with Crippen LogP contribution in [-0.4, -0.2) is 71.4 Å². The van der Waals surface area contributed by atoms with Crippen molar-refractivity contribution in [1.29, 1.82) is 0 Å². The molecular weight excluding hydrogens is 396 g/mol. The molecular formula is C19H30N4O5S. The molecule has 0 aromatic rings. The number of primary amides is 1. The standard InChI is InChI=1S/C19H30N4O5S/c1-10-11(2)15(10)19(26)23-14-6-8-22(16(14)12(3)18(23)25)29(27,28)21-7-4-5-13(9-21)17(20)24/h10-16H,4-9H2,1-3H3,(H2,20,24)/t10-,11+,12-,13?,14-,15?,16+/m0/s1. The average Bonchev–Trinajstić information content (AvgIpc) is 3.01. The Morgan fingerprint density at radius 2 is 1.72 bits per heavy atom. The minimum Gasteiger partial charge on any atom is -0.369 e. The number of carbonyl (C=O) groups is 3. The molecule has 1 saturated carbocycles. The Kier molecular flexibility index (Phi) is 5.02. The number of nitrogens with zero attached hydrogens (tertiary/aromatic N) is 3. The molecule has 0 radical (unpaired) electrons. The molecule has 0 bridgehead atoms. The summed E-state index contributed by atoms with van der Waals surface area (Å²) < 4.78 is 29.4. The Labute approximate surface area is 171 Å². The fraction of sp³-hybridized carbons (Fsp3) is 0.842. The summed E-state index contributed by atoms with van der Waals surface area (Å²) in [4.78, 5) is 38.8. The Morgan fingerprint density at radius 3 is 2.31 bits per heavy atom. The average molecular weight is 427 g/mol. The predicted octanol–water partition coefficient (Wildman–Crippen LogP) is -0.222. The summed E-state index contributed by atoms with van der Waals surface area (Å²) in [5.41, 5.74) is 5.40. The summed E-state index contributed by atoms with van der Waals surface area (Å²) in [6.45, 7) is 6.41. The van der Waals surface area contributed by atoms with Crippen LogP contribution in [0.4, 0.5) is 0 Å². The normalized spacial score (nSPS) is 40.9. The summed E-state index contributed by atoms with van der Waals surface area (Å²) in [7, 11) is -3.85. The highest BCUT2D eigenvalue weighted by Gasteiger charge is 2.61. The SMILES string of the molecule is C[C@@H]1C(=O)N(C(=O)C2[C@@H](C)[C@H]2C)[C@H]2CCN(S(=O)(=O)N3CCCC(C(N)=O)C3)[C@H]12. The molecule has 4 rings (SSSR count). The van der Waals surface area contributed by atoms with E-state index in [1.165, 1.54) is 13.5 Å². The van der Waals surface area contributed by atoms with Gasteiger partial charge in [0.25, 0.3) is 10.2 Å². The van der Waals surface area contributed by atoms with Crippen LogP contribution in [0.15, 0.2) is 0 Å². The summed E-state index contributed by atoms with van der Waals surface area (Å²) in [6, 6.07) is -0.953. The van der Waals surface area contributed by atoms with E-state index in [1.807, 2.05) is 13.8 Å². The van der Waals surface area contributed by atoms with Gasteiger partial charge in [-0.05, 0) is 31.1 Å². The minimum absolute atomic E-state index is 0.0770. The van der Waals surface area contributed by atoms with Crippen LogP contribution in [-0.2, 0) is 24.6 Å². The first-order chi connectivity index (χ1) is 13.6. The third kappa shape index (κ3) is 3.11. The maximum absolute atomic E-state index is 13.4. The van der Waals surface area contributed by atoms with Gasteiger partial charge in [0.1, 0.15) is 0 Å². The second-order valence-corrected chi connectivity index (χ2v) is 11.0. The summed E-state index contributed by atoms with van der Waals surface area (Å²) in [5.74, 6) is -1.61. The van der Waals surface area contributed by atoms with Gasteiger partial charge in [-0.3, -0.25) is 19.3 Å². The van der Waals surface area contributed by atoms with Gasteiger partial charge >= 0.3 is 0 Å². The minimum atomic E-state index is -3.85. The van der Waals surface area contributed by atoms with Crippen LogP contribution >= 0.6 is 0 Å². The van der Waals surface area contributed by atoms with Crippen LogP contribution in [0.5, 0.6) is 0 Å². The van der Waals surface area contributed by atoms with E-state index < -0.39 is 40.0 Å². The summed E-state index contributed by atoms with van der Waals surface area (Å²) >= 11 is 0. The van der Waals surface area contributed by atoms with E-state index in [1.54, 1.807) is 6.92 Å². The first-order valence-electron chi connectivity index (χ1n) is 10.5. The van der Waals surface area contributed by atoms with Gasteiger partial charge in [-0.15, -0.1) is 0 Å². The zero-order valence-electron chi connectivity index (χ0n) is 17.2. The topological polar surface area (TPSA) is 121 Å². The van der Waals surface area contributed by atoms with Gasteiger partial charge in [0.15, 0.2) is 0 Å². The maximum atomic E-state index is 13.4. The number of likely N-dealkylation sites (tertiary alicyclic amines) is 1. The number of hydrogen-bond donors (Lipinski definition) is 1. The van der Waals surface area contributed by atoms with Crippen LogP contribution in [0.3, 0.4) is 0 Å². The Hall–Kier alpha value is -1.52. The third-order valence-corrected chi connectivity index (χ3v) is 9.60. The molecule has 4 aliphatic rings. The molecule has 10 heteroatoms. The molecule has 3 aliphatic heterocycles. The Bertz CT molecular complexity index is 838. The van der Waals surface area contributed by atoms with Gasteiger partial charge in [-0.1, -0.05) is 20.8 Å². The van der Waals surface area contributed by atoms with E-state index in [0.717, 1.165) is 0 Å². The third-order valence-electron chi connectivity index (χ3n) is 7.60. The largest absolute Gasteiger partial charge is 0.369 e. The highest BCUT2D eigenvalue weighted by Crippen LogP contribution is 2.49. The fourth-order valence-electron chi connectivity index (χ4n) is 5.51. The van der Waals surface area contributed by atoms with Crippen LogP contribution in [0.25, 0.3) is 0 Å². The Balaban J connectivity index is 1.56. The van der Waals surface area contributed by atoms with Crippen molar-refractivity contribution in [2.45, 2.75) is 52.1 Å². The van der Waals surface area contributed by atoms with Crippen molar-refractivity contribution in [3.05, 3.63) is 0 Å².